The molecule has 9 aromatic carbocycles. The Hall–Kier alpha value is -7.20. The summed E-state index contributed by atoms with van der Waals surface area (Å²) in [7, 11) is 0. The van der Waals surface area contributed by atoms with Gasteiger partial charge in [0.1, 0.15) is 5.84 Å². The number of hydrogen-bond acceptors (Lipinski definition) is 3. The van der Waals surface area contributed by atoms with E-state index in [1.54, 1.807) is 0 Å². The predicted molar refractivity (Wildman–Crippen MR) is 249 cm³/mol. The van der Waals surface area contributed by atoms with Crippen LogP contribution in [0.2, 0.25) is 0 Å². The Morgan fingerprint density at radius 2 is 1.10 bits per heavy atom. The summed E-state index contributed by atoms with van der Waals surface area (Å²) in [6, 6.07) is 76.1. The molecule has 1 spiro atoms. The summed E-state index contributed by atoms with van der Waals surface area (Å²) in [6.07, 6.45) is 0. The van der Waals surface area contributed by atoms with Crippen LogP contribution in [-0.4, -0.2) is 5.84 Å². The molecule has 60 heavy (non-hydrogen) atoms. The summed E-state index contributed by atoms with van der Waals surface area (Å²) in [5.41, 5.74) is 19.4. The van der Waals surface area contributed by atoms with Crippen LogP contribution < -0.4 is 5.32 Å². The maximum atomic E-state index is 5.64. The molecule has 0 saturated heterocycles. The van der Waals surface area contributed by atoms with Gasteiger partial charge in [0, 0.05) is 20.9 Å². The molecule has 1 unspecified atom stereocenters. The van der Waals surface area contributed by atoms with Gasteiger partial charge in [-0.3, -0.25) is 0 Å². The second kappa shape index (κ2) is 12.9. The first kappa shape index (κ1) is 33.7. The Balaban J connectivity index is 1.09. The van der Waals surface area contributed by atoms with E-state index >= 15 is 0 Å². The molecule has 13 rings (SSSR count). The fraction of sp³-hybridized carbons (Fsp3) is 0.0351. The molecule has 0 saturated carbocycles. The first-order chi connectivity index (χ1) is 29.8. The number of benzene rings is 9. The molecule has 9 aromatic rings. The topological polar surface area (TPSA) is 24.4 Å². The van der Waals surface area contributed by atoms with Crippen LogP contribution in [-0.2, 0) is 5.41 Å². The van der Waals surface area contributed by atoms with Crippen LogP contribution in [0.25, 0.3) is 61.0 Å². The number of amidine groups is 1. The average molecular weight is 781 g/mol. The van der Waals surface area contributed by atoms with Gasteiger partial charge in [-0.15, -0.1) is 0 Å². The minimum absolute atomic E-state index is 0.00458. The van der Waals surface area contributed by atoms with Crippen LogP contribution >= 0.6 is 11.8 Å². The maximum Gasteiger partial charge on any atom is 0.134 e. The summed E-state index contributed by atoms with van der Waals surface area (Å²) < 4.78 is 0. The van der Waals surface area contributed by atoms with Gasteiger partial charge in [-0.2, -0.15) is 0 Å². The van der Waals surface area contributed by atoms with Crippen molar-refractivity contribution >= 4 is 34.1 Å². The SMILES string of the molecule is c1ccc(-c2cccc(C3=C4Sc5ccccc5C4NC(c4ccc5c(c4)C4(c6ccccc6-c6ccccc64)c4c-5c(-c5ccccc5)cc5ccccc45)=N3)c2)cc1. The van der Waals surface area contributed by atoms with Crippen molar-refractivity contribution in [3.05, 3.63) is 250 Å². The number of nitrogens with zero attached hydrogens (tertiary/aromatic N) is 1. The Bertz CT molecular complexity index is 3280. The highest BCUT2D eigenvalue weighted by Gasteiger charge is 2.53. The summed E-state index contributed by atoms with van der Waals surface area (Å²) in [5.74, 6) is 0.891. The lowest BCUT2D eigenvalue weighted by molar-refractivity contribution is 0.766. The zero-order valence-electron chi connectivity index (χ0n) is 32.6. The van der Waals surface area contributed by atoms with Crippen LogP contribution in [0.1, 0.15) is 45.0 Å². The molecule has 0 aromatic heterocycles. The summed E-state index contributed by atoms with van der Waals surface area (Å²) in [6.45, 7) is 0. The lowest BCUT2D eigenvalue weighted by atomic mass is 9.69. The van der Waals surface area contributed by atoms with Gasteiger partial charge < -0.3 is 5.32 Å². The second-order valence-electron chi connectivity index (χ2n) is 16.2. The molecule has 2 aliphatic carbocycles. The highest BCUT2D eigenvalue weighted by atomic mass is 32.2. The van der Waals surface area contributed by atoms with Crippen LogP contribution in [0.3, 0.4) is 0 Å². The van der Waals surface area contributed by atoms with Gasteiger partial charge in [0.25, 0.3) is 0 Å². The maximum absolute atomic E-state index is 5.64. The zero-order valence-corrected chi connectivity index (χ0v) is 33.4. The third-order valence-corrected chi connectivity index (χ3v) is 14.4. The Morgan fingerprint density at radius 3 is 1.90 bits per heavy atom. The fourth-order valence-electron chi connectivity index (χ4n) is 10.6. The third kappa shape index (κ3) is 4.70. The van der Waals surface area contributed by atoms with Gasteiger partial charge in [0.15, 0.2) is 0 Å². The molecule has 0 amide bonds. The largest absolute Gasteiger partial charge is 0.358 e. The lowest BCUT2D eigenvalue weighted by Crippen LogP contribution is -2.32. The monoisotopic (exact) mass is 780 g/mol. The van der Waals surface area contributed by atoms with E-state index in [0.29, 0.717) is 0 Å². The molecule has 0 fully saturated rings. The van der Waals surface area contributed by atoms with E-state index in [2.05, 4.69) is 212 Å². The van der Waals surface area contributed by atoms with Crippen molar-refractivity contribution < 1.29 is 0 Å². The number of rotatable bonds is 4. The molecular weight excluding hydrogens is 745 g/mol. The first-order valence-electron chi connectivity index (χ1n) is 20.7. The highest BCUT2D eigenvalue weighted by Crippen LogP contribution is 2.65. The lowest BCUT2D eigenvalue weighted by Gasteiger charge is -2.32. The quantitative estimate of drug-likeness (QED) is 0.192. The van der Waals surface area contributed by atoms with E-state index in [0.717, 1.165) is 22.7 Å². The second-order valence-corrected chi connectivity index (χ2v) is 17.3. The van der Waals surface area contributed by atoms with E-state index in [1.165, 1.54) is 92.9 Å². The summed E-state index contributed by atoms with van der Waals surface area (Å²) in [4.78, 5) is 8.16. The predicted octanol–water partition coefficient (Wildman–Crippen LogP) is 14.1. The standard InChI is InChI=1S/C57H36N2S/c1-3-16-35(17-4-1)37-21-15-22-39(32-37)53-55-54(45-26-11-14-29-50(45)60-55)59-56(58-53)40-30-31-44-49(34-40)57(47-27-12-9-24-42(47)43-25-10-13-28-48(43)57)52-41-23-8-7-20-38(41)33-46(51(44)52)36-18-5-2-6-19-36/h1-34,54H,(H,58,59). The number of fused-ring (bicyclic) bond motifs is 15. The van der Waals surface area contributed by atoms with E-state index in [-0.39, 0.29) is 6.04 Å². The Labute approximate surface area is 353 Å². The van der Waals surface area contributed by atoms with Crippen molar-refractivity contribution in [3.63, 3.8) is 0 Å². The summed E-state index contributed by atoms with van der Waals surface area (Å²) >= 11 is 1.84. The molecule has 2 heterocycles. The zero-order chi connectivity index (χ0) is 39.4. The minimum Gasteiger partial charge on any atom is -0.358 e. The highest BCUT2D eigenvalue weighted by molar-refractivity contribution is 8.03. The normalized spacial score (nSPS) is 16.1. The van der Waals surface area contributed by atoms with Gasteiger partial charge >= 0.3 is 0 Å². The van der Waals surface area contributed by atoms with Crippen LogP contribution in [0.15, 0.2) is 221 Å². The van der Waals surface area contributed by atoms with Gasteiger partial charge in [-0.1, -0.05) is 194 Å². The Kier molecular flexibility index (Phi) is 7.25. The van der Waals surface area contributed by atoms with E-state index in [1.807, 2.05) is 11.8 Å². The van der Waals surface area contributed by atoms with Crippen molar-refractivity contribution in [2.75, 3.05) is 0 Å². The van der Waals surface area contributed by atoms with Gasteiger partial charge in [0.05, 0.1) is 17.2 Å². The molecule has 1 N–H and O–H groups in total. The molecule has 4 aliphatic rings. The molecule has 0 radical (unpaired) electrons. The number of hydrogen-bond donors (Lipinski definition) is 1. The average Bonchev–Trinajstić information content (AvgIpc) is 3.96. The van der Waals surface area contributed by atoms with E-state index in [9.17, 15) is 0 Å². The van der Waals surface area contributed by atoms with Crippen molar-refractivity contribution in [2.45, 2.75) is 16.4 Å². The van der Waals surface area contributed by atoms with Crippen molar-refractivity contribution in [1.29, 1.82) is 0 Å². The first-order valence-corrected chi connectivity index (χ1v) is 21.6. The Morgan fingerprint density at radius 1 is 0.450 bits per heavy atom. The molecular formula is C57H36N2S. The fourth-order valence-corrected chi connectivity index (χ4v) is 11.9. The van der Waals surface area contributed by atoms with Crippen molar-refractivity contribution in [3.8, 4) is 44.5 Å². The van der Waals surface area contributed by atoms with E-state index < -0.39 is 5.41 Å². The van der Waals surface area contributed by atoms with Gasteiger partial charge in [-0.05, 0) is 107 Å². The number of thioether (sulfide) groups is 1. The van der Waals surface area contributed by atoms with Crippen LogP contribution in [0.4, 0.5) is 0 Å². The van der Waals surface area contributed by atoms with Crippen molar-refractivity contribution in [1.82, 2.24) is 5.32 Å². The molecule has 2 aliphatic heterocycles. The molecule has 280 valence electrons. The molecule has 3 heteroatoms. The van der Waals surface area contributed by atoms with E-state index in [4.69, 9.17) is 4.99 Å². The molecule has 1 atom stereocenters. The third-order valence-electron chi connectivity index (χ3n) is 13.1. The molecule has 2 nitrogen and oxygen atoms in total. The van der Waals surface area contributed by atoms with Gasteiger partial charge in [0.2, 0.25) is 0 Å². The minimum atomic E-state index is -0.545. The smallest absolute Gasteiger partial charge is 0.134 e. The van der Waals surface area contributed by atoms with Gasteiger partial charge in [-0.25, -0.2) is 4.99 Å². The number of aliphatic imine (C=N–C) groups is 1. The van der Waals surface area contributed by atoms with Crippen LogP contribution in [0.5, 0.6) is 0 Å². The van der Waals surface area contributed by atoms with Crippen molar-refractivity contribution in [2.24, 2.45) is 4.99 Å². The summed E-state index contributed by atoms with van der Waals surface area (Å²) in [5, 5.41) is 6.54. The van der Waals surface area contributed by atoms with Crippen LogP contribution in [0, 0.1) is 0 Å². The molecule has 0 bridgehead atoms. The number of nitrogens with one attached hydrogen (secondary N) is 1.